The number of hydrogen-bond donors (Lipinski definition) is 3. The van der Waals surface area contributed by atoms with E-state index in [2.05, 4.69) is 36.9 Å². The molecule has 0 heterocycles. The molecule has 132 valence electrons. The van der Waals surface area contributed by atoms with Gasteiger partial charge in [-0.05, 0) is 37.1 Å². The Hall–Kier alpha value is -2.34. The largest absolute Gasteiger partial charge is 0.357 e. The van der Waals surface area contributed by atoms with Gasteiger partial charge in [0.15, 0.2) is 5.96 Å². The van der Waals surface area contributed by atoms with Crippen LogP contribution >= 0.6 is 15.9 Å². The summed E-state index contributed by atoms with van der Waals surface area (Å²) in [6.07, 6.45) is 0. The van der Waals surface area contributed by atoms with Gasteiger partial charge >= 0.3 is 0 Å². The molecule has 2 aromatic carbocycles. The molecule has 0 bridgehead atoms. The molecule has 0 atom stereocenters. The molecule has 2 aromatic rings. The van der Waals surface area contributed by atoms with Crippen LogP contribution in [0.15, 0.2) is 58.0 Å². The monoisotopic (exact) mass is 402 g/mol. The molecule has 0 fully saturated rings. The van der Waals surface area contributed by atoms with Crippen molar-refractivity contribution < 1.29 is 4.79 Å². The molecule has 0 aliphatic rings. The Labute approximate surface area is 157 Å². The normalized spacial score (nSPS) is 11.1. The van der Waals surface area contributed by atoms with Crippen molar-refractivity contribution in [1.29, 1.82) is 0 Å². The molecule has 6 heteroatoms. The summed E-state index contributed by atoms with van der Waals surface area (Å²) >= 11 is 3.42. The Bertz CT molecular complexity index is 731. The van der Waals surface area contributed by atoms with Gasteiger partial charge < -0.3 is 16.0 Å². The third-order valence-electron chi connectivity index (χ3n) is 3.50. The summed E-state index contributed by atoms with van der Waals surface area (Å²) in [7, 11) is 0. The van der Waals surface area contributed by atoms with Gasteiger partial charge in [0, 0.05) is 16.7 Å². The smallest absolute Gasteiger partial charge is 0.243 e. The quantitative estimate of drug-likeness (QED) is 0.511. The number of anilines is 1. The zero-order valence-corrected chi connectivity index (χ0v) is 16.1. The second-order valence-electron chi connectivity index (χ2n) is 5.54. The van der Waals surface area contributed by atoms with Crippen LogP contribution in [0.4, 0.5) is 5.69 Å². The highest BCUT2D eigenvalue weighted by molar-refractivity contribution is 9.10. The lowest BCUT2D eigenvalue weighted by molar-refractivity contribution is -0.115. The predicted molar refractivity (Wildman–Crippen MR) is 107 cm³/mol. The molecule has 0 radical (unpaired) electrons. The van der Waals surface area contributed by atoms with Crippen LogP contribution in [0.1, 0.15) is 18.1 Å². The van der Waals surface area contributed by atoms with Crippen LogP contribution in [0.25, 0.3) is 0 Å². The molecule has 1 amide bonds. The fraction of sp³-hybridized carbons (Fsp3) is 0.263. The van der Waals surface area contributed by atoms with Crippen molar-refractivity contribution >= 4 is 33.5 Å². The second-order valence-corrected chi connectivity index (χ2v) is 6.46. The van der Waals surface area contributed by atoms with Gasteiger partial charge in [0.1, 0.15) is 0 Å². The van der Waals surface area contributed by atoms with Crippen molar-refractivity contribution in [3.8, 4) is 0 Å². The van der Waals surface area contributed by atoms with Crippen LogP contribution in [0.5, 0.6) is 0 Å². The Balaban J connectivity index is 1.91. The van der Waals surface area contributed by atoms with Crippen molar-refractivity contribution in [2.45, 2.75) is 20.4 Å². The molecule has 0 unspecified atom stereocenters. The van der Waals surface area contributed by atoms with Gasteiger partial charge in [-0.1, -0.05) is 52.3 Å². The second kappa shape index (κ2) is 9.84. The lowest BCUT2D eigenvalue weighted by Gasteiger charge is -2.12. The lowest BCUT2D eigenvalue weighted by Crippen LogP contribution is -2.41. The number of carbonyl (C=O) groups is 1. The predicted octanol–water partition coefficient (Wildman–Crippen LogP) is 3.45. The Morgan fingerprint density at radius 1 is 1.12 bits per heavy atom. The summed E-state index contributed by atoms with van der Waals surface area (Å²) in [6.45, 7) is 5.38. The van der Waals surface area contributed by atoms with Crippen LogP contribution in [0.2, 0.25) is 0 Å². The van der Waals surface area contributed by atoms with Gasteiger partial charge in [-0.25, -0.2) is 4.99 Å². The van der Waals surface area contributed by atoms with E-state index >= 15 is 0 Å². The first kappa shape index (κ1) is 19.0. The molecule has 0 aromatic heterocycles. The van der Waals surface area contributed by atoms with Crippen LogP contribution < -0.4 is 16.0 Å². The Kier molecular flexibility index (Phi) is 7.47. The summed E-state index contributed by atoms with van der Waals surface area (Å²) in [5, 5.41) is 9.11. The number of carbonyl (C=O) groups excluding carboxylic acids is 1. The maximum atomic E-state index is 12.2. The first-order chi connectivity index (χ1) is 12.1. The molecule has 0 saturated carbocycles. The summed E-state index contributed by atoms with van der Waals surface area (Å²) < 4.78 is 0.930. The molecule has 3 N–H and O–H groups in total. The fourth-order valence-electron chi connectivity index (χ4n) is 2.18. The maximum Gasteiger partial charge on any atom is 0.243 e. The number of nitrogens with zero attached hydrogens (tertiary/aromatic N) is 1. The number of nitrogens with one attached hydrogen (secondary N) is 3. The van der Waals surface area contributed by atoms with Crippen molar-refractivity contribution in [3.63, 3.8) is 0 Å². The summed E-state index contributed by atoms with van der Waals surface area (Å²) in [5.41, 5.74) is 2.93. The van der Waals surface area contributed by atoms with Gasteiger partial charge in [-0.15, -0.1) is 0 Å². The van der Waals surface area contributed by atoms with E-state index in [1.54, 1.807) is 0 Å². The molecule has 25 heavy (non-hydrogen) atoms. The number of aliphatic imine (C=N–C) groups is 1. The molecular weight excluding hydrogens is 380 g/mol. The van der Waals surface area contributed by atoms with Gasteiger partial charge in [0.2, 0.25) is 5.91 Å². The SMILES string of the molecule is CCNC(=NCc1ccccc1)NCC(=O)Nc1cc(Br)ccc1C. The fourth-order valence-corrected chi connectivity index (χ4v) is 2.54. The molecule has 0 spiro atoms. The topological polar surface area (TPSA) is 65.5 Å². The van der Waals surface area contributed by atoms with E-state index in [4.69, 9.17) is 0 Å². The number of hydrogen-bond acceptors (Lipinski definition) is 2. The van der Waals surface area contributed by atoms with E-state index in [0.717, 1.165) is 27.8 Å². The molecule has 0 aliphatic carbocycles. The highest BCUT2D eigenvalue weighted by atomic mass is 79.9. The lowest BCUT2D eigenvalue weighted by atomic mass is 10.2. The average Bonchev–Trinajstić information content (AvgIpc) is 2.61. The van der Waals surface area contributed by atoms with Crippen molar-refractivity contribution in [3.05, 3.63) is 64.1 Å². The minimum absolute atomic E-state index is 0.119. The third-order valence-corrected chi connectivity index (χ3v) is 3.99. The zero-order chi connectivity index (χ0) is 18.1. The summed E-state index contributed by atoms with van der Waals surface area (Å²) in [5.74, 6) is 0.499. The van der Waals surface area contributed by atoms with Crippen LogP contribution in [-0.4, -0.2) is 25.0 Å². The number of rotatable bonds is 6. The van der Waals surface area contributed by atoms with Crippen LogP contribution in [0, 0.1) is 6.92 Å². The number of benzene rings is 2. The van der Waals surface area contributed by atoms with Crippen molar-refractivity contribution in [2.75, 3.05) is 18.4 Å². The Morgan fingerprint density at radius 3 is 2.60 bits per heavy atom. The van der Waals surface area contributed by atoms with E-state index < -0.39 is 0 Å². The molecular formula is C19H23BrN4O. The molecule has 0 saturated heterocycles. The van der Waals surface area contributed by atoms with Gasteiger partial charge in [-0.3, -0.25) is 4.79 Å². The number of aryl methyl sites for hydroxylation is 1. The van der Waals surface area contributed by atoms with E-state index in [1.807, 2.05) is 62.4 Å². The van der Waals surface area contributed by atoms with Crippen LogP contribution in [0.3, 0.4) is 0 Å². The van der Waals surface area contributed by atoms with Gasteiger partial charge in [-0.2, -0.15) is 0 Å². The van der Waals surface area contributed by atoms with Crippen LogP contribution in [-0.2, 0) is 11.3 Å². The van der Waals surface area contributed by atoms with E-state index in [0.29, 0.717) is 12.5 Å². The highest BCUT2D eigenvalue weighted by Gasteiger charge is 2.06. The molecule has 0 aliphatic heterocycles. The third kappa shape index (κ3) is 6.58. The van der Waals surface area contributed by atoms with E-state index in [9.17, 15) is 4.79 Å². The first-order valence-electron chi connectivity index (χ1n) is 8.20. The maximum absolute atomic E-state index is 12.2. The minimum atomic E-state index is -0.119. The summed E-state index contributed by atoms with van der Waals surface area (Å²) in [4.78, 5) is 16.7. The first-order valence-corrected chi connectivity index (χ1v) is 9.00. The molecule has 2 rings (SSSR count). The molecule has 5 nitrogen and oxygen atoms in total. The summed E-state index contributed by atoms with van der Waals surface area (Å²) in [6, 6.07) is 15.8. The Morgan fingerprint density at radius 2 is 1.88 bits per heavy atom. The number of halogens is 1. The van der Waals surface area contributed by atoms with Crippen molar-refractivity contribution in [2.24, 2.45) is 4.99 Å². The van der Waals surface area contributed by atoms with Crippen molar-refractivity contribution in [1.82, 2.24) is 10.6 Å². The van der Waals surface area contributed by atoms with E-state index in [-0.39, 0.29) is 12.5 Å². The zero-order valence-electron chi connectivity index (χ0n) is 14.5. The average molecular weight is 403 g/mol. The van der Waals surface area contributed by atoms with Gasteiger partial charge in [0.25, 0.3) is 0 Å². The highest BCUT2D eigenvalue weighted by Crippen LogP contribution is 2.20. The van der Waals surface area contributed by atoms with E-state index in [1.165, 1.54) is 0 Å². The van der Waals surface area contributed by atoms with Gasteiger partial charge in [0.05, 0.1) is 13.1 Å². The minimum Gasteiger partial charge on any atom is -0.357 e. The standard InChI is InChI=1S/C19H23BrN4O/c1-3-21-19(22-12-15-7-5-4-6-8-15)23-13-18(25)24-17-11-16(20)10-9-14(17)2/h4-11H,3,12-13H2,1-2H3,(H,24,25)(H2,21,22,23). The number of guanidine groups is 1. The number of amides is 1.